The van der Waals surface area contributed by atoms with Gasteiger partial charge >= 0.3 is 5.97 Å². The molecule has 12 heteroatoms. The third-order valence-electron chi connectivity index (χ3n) is 6.60. The zero-order valence-electron chi connectivity index (χ0n) is 21.8. The van der Waals surface area contributed by atoms with E-state index in [0.717, 1.165) is 34.7 Å². The van der Waals surface area contributed by atoms with Gasteiger partial charge in [-0.15, -0.1) is 11.3 Å². The van der Waals surface area contributed by atoms with Crippen LogP contribution in [0.1, 0.15) is 27.2 Å². The predicted molar refractivity (Wildman–Crippen MR) is 169 cm³/mol. The molecular formula is C29H26Cl2N2O5S3. The summed E-state index contributed by atoms with van der Waals surface area (Å²) in [6, 6.07) is 12.3. The van der Waals surface area contributed by atoms with Crippen molar-refractivity contribution in [1.29, 1.82) is 0 Å². The minimum atomic E-state index is -0.977. The molecule has 0 spiro atoms. The van der Waals surface area contributed by atoms with Crippen LogP contribution in [-0.2, 0) is 16.1 Å². The van der Waals surface area contributed by atoms with Gasteiger partial charge in [-0.2, -0.15) is 0 Å². The third-order valence-corrected chi connectivity index (χ3v) is 9.40. The van der Waals surface area contributed by atoms with Gasteiger partial charge in [0.05, 0.1) is 30.3 Å². The number of thiophene rings is 1. The maximum atomic E-state index is 13.1. The third kappa shape index (κ3) is 7.50. The molecule has 7 nitrogen and oxygen atoms in total. The van der Waals surface area contributed by atoms with Crippen LogP contribution in [0.5, 0.6) is 5.75 Å². The number of thiocarbonyl (C=S) groups is 1. The zero-order valence-corrected chi connectivity index (χ0v) is 25.8. The van der Waals surface area contributed by atoms with E-state index in [1.54, 1.807) is 35.2 Å². The number of hydrogen-bond donors (Lipinski definition) is 1. The van der Waals surface area contributed by atoms with Crippen LogP contribution in [0, 0.1) is 0 Å². The molecule has 1 aromatic heterocycles. The Bertz CT molecular complexity index is 1500. The second-order valence-electron chi connectivity index (χ2n) is 9.41. The molecule has 1 N–H and O–H groups in total. The van der Waals surface area contributed by atoms with E-state index in [2.05, 4.69) is 4.90 Å². The normalized spacial score (nSPS) is 17.0. The van der Waals surface area contributed by atoms with Crippen LogP contribution < -0.4 is 4.74 Å². The first-order valence-electron chi connectivity index (χ1n) is 12.9. The van der Waals surface area contributed by atoms with Gasteiger partial charge in [0.25, 0.3) is 5.91 Å². The molecule has 2 saturated heterocycles. The Labute approximate surface area is 261 Å². The Morgan fingerprint density at radius 3 is 2.71 bits per heavy atom. The van der Waals surface area contributed by atoms with E-state index in [1.165, 1.54) is 23.1 Å². The van der Waals surface area contributed by atoms with Crippen molar-refractivity contribution in [3.63, 3.8) is 0 Å². The highest BCUT2D eigenvalue weighted by atomic mass is 35.5. The van der Waals surface area contributed by atoms with Gasteiger partial charge in [0.15, 0.2) is 0 Å². The van der Waals surface area contributed by atoms with Crippen LogP contribution in [0.25, 0.3) is 17.2 Å². The summed E-state index contributed by atoms with van der Waals surface area (Å²) < 4.78 is 12.0. The number of carboxylic acid groups (broad SMARTS) is 1. The number of nitrogens with zero attached hydrogens (tertiary/aromatic N) is 2. The highest BCUT2D eigenvalue weighted by molar-refractivity contribution is 8.26. The van der Waals surface area contributed by atoms with E-state index in [4.69, 9.17) is 44.9 Å². The molecule has 214 valence electrons. The largest absolute Gasteiger partial charge is 0.493 e. The number of carbonyl (C=O) groups excluding carboxylic acids is 1. The van der Waals surface area contributed by atoms with Crippen LogP contribution in [-0.4, -0.2) is 70.6 Å². The van der Waals surface area contributed by atoms with Crippen molar-refractivity contribution in [2.45, 2.75) is 13.0 Å². The lowest BCUT2D eigenvalue weighted by Crippen LogP contribution is -2.35. The molecule has 0 saturated carbocycles. The van der Waals surface area contributed by atoms with Crippen LogP contribution in [0.4, 0.5) is 0 Å². The number of carboxylic acids is 1. The maximum absolute atomic E-state index is 13.1. The molecule has 2 aliphatic rings. The second-order valence-corrected chi connectivity index (χ2v) is 12.9. The van der Waals surface area contributed by atoms with E-state index >= 15 is 0 Å². The average molecular weight is 650 g/mol. The molecule has 0 bridgehead atoms. The number of hydrogen-bond acceptors (Lipinski definition) is 8. The van der Waals surface area contributed by atoms with Gasteiger partial charge in [0, 0.05) is 52.2 Å². The quantitative estimate of drug-likeness (QED) is 0.144. The second kappa shape index (κ2) is 13.7. The van der Waals surface area contributed by atoms with Gasteiger partial charge in [-0.25, -0.2) is 4.79 Å². The Morgan fingerprint density at radius 1 is 1.15 bits per heavy atom. The molecule has 2 aliphatic heterocycles. The minimum absolute atomic E-state index is 0.127. The first-order chi connectivity index (χ1) is 19.8. The molecule has 0 aliphatic carbocycles. The van der Waals surface area contributed by atoms with Gasteiger partial charge in [-0.1, -0.05) is 53.2 Å². The average Bonchev–Trinajstić information content (AvgIpc) is 3.51. The number of benzene rings is 2. The molecule has 3 aromatic rings. The SMILES string of the molecule is O=C(O)c1ccc(OCCCN2C(=O)C(=Cc3cc(-c4ccc(Cl)cc4Cl)cs3)SC2=S)c(CN2CCOCC2)c1. The first-order valence-corrected chi connectivity index (χ1v) is 15.7. The van der Waals surface area contributed by atoms with Gasteiger partial charge in [0.2, 0.25) is 0 Å². The van der Waals surface area contributed by atoms with Gasteiger partial charge in [-0.3, -0.25) is 14.6 Å². The lowest BCUT2D eigenvalue weighted by molar-refractivity contribution is -0.122. The number of aromatic carboxylic acids is 1. The summed E-state index contributed by atoms with van der Waals surface area (Å²) in [5.41, 5.74) is 2.87. The Balaban J connectivity index is 1.19. The molecular weight excluding hydrogens is 623 g/mol. The monoisotopic (exact) mass is 648 g/mol. The molecule has 2 fully saturated rings. The van der Waals surface area contributed by atoms with Crippen molar-refractivity contribution < 1.29 is 24.2 Å². The predicted octanol–water partition coefficient (Wildman–Crippen LogP) is 6.92. The van der Waals surface area contributed by atoms with Crippen LogP contribution in [0.3, 0.4) is 0 Å². The summed E-state index contributed by atoms with van der Waals surface area (Å²) in [7, 11) is 0. The number of carbonyl (C=O) groups is 2. The van der Waals surface area contributed by atoms with Crippen LogP contribution in [0.2, 0.25) is 10.0 Å². The minimum Gasteiger partial charge on any atom is -0.493 e. The van der Waals surface area contributed by atoms with Crippen molar-refractivity contribution in [3.8, 4) is 16.9 Å². The molecule has 3 heterocycles. The molecule has 0 radical (unpaired) electrons. The number of rotatable bonds is 10. The molecule has 5 rings (SSSR count). The van der Waals surface area contributed by atoms with Gasteiger partial charge in [0.1, 0.15) is 10.1 Å². The fourth-order valence-electron chi connectivity index (χ4n) is 4.50. The molecule has 0 atom stereocenters. The van der Waals surface area contributed by atoms with E-state index in [9.17, 15) is 14.7 Å². The van der Waals surface area contributed by atoms with E-state index in [1.807, 2.05) is 23.6 Å². The van der Waals surface area contributed by atoms with Crippen molar-refractivity contribution in [1.82, 2.24) is 9.80 Å². The highest BCUT2D eigenvalue weighted by Crippen LogP contribution is 2.37. The van der Waals surface area contributed by atoms with Crippen LogP contribution >= 0.6 is 58.5 Å². The van der Waals surface area contributed by atoms with Crippen molar-refractivity contribution >= 4 is 80.8 Å². The van der Waals surface area contributed by atoms with Crippen LogP contribution in [0.15, 0.2) is 52.7 Å². The number of halogens is 2. The van der Waals surface area contributed by atoms with E-state index in [-0.39, 0.29) is 11.5 Å². The zero-order chi connectivity index (χ0) is 28.9. The molecule has 1 amide bonds. The summed E-state index contributed by atoms with van der Waals surface area (Å²) in [6.07, 6.45) is 2.42. The summed E-state index contributed by atoms with van der Waals surface area (Å²) in [5, 5.41) is 12.6. The number of ether oxygens (including phenoxy) is 2. The van der Waals surface area contributed by atoms with Crippen molar-refractivity contribution in [2.24, 2.45) is 0 Å². The summed E-state index contributed by atoms with van der Waals surface area (Å²) in [5.74, 6) is -0.464. The summed E-state index contributed by atoms with van der Waals surface area (Å²) in [6.45, 7) is 4.21. The Kier molecular flexibility index (Phi) is 10.0. The standard InChI is InChI=1S/C29H26Cl2N2O5S3/c30-21-3-4-23(24(31)14-21)20-13-22(40-17-20)15-26-27(34)33(29(39)41-26)6-1-9-38-25-5-2-18(28(35)36)12-19(25)16-32-7-10-37-11-8-32/h2-5,12-15,17H,1,6-11,16H2,(H,35,36). The van der Waals surface area contributed by atoms with Gasteiger partial charge < -0.3 is 14.6 Å². The summed E-state index contributed by atoms with van der Waals surface area (Å²) in [4.78, 5) is 30.0. The lowest BCUT2D eigenvalue weighted by Gasteiger charge is -2.27. The smallest absolute Gasteiger partial charge is 0.335 e. The Morgan fingerprint density at radius 2 is 1.95 bits per heavy atom. The van der Waals surface area contributed by atoms with Crippen molar-refractivity contribution in [2.75, 3.05) is 39.5 Å². The fourth-order valence-corrected chi connectivity index (χ4v) is 7.23. The number of morpholine rings is 1. The fraction of sp³-hybridized carbons (Fsp3) is 0.276. The number of thioether (sulfide) groups is 1. The Hall–Kier alpha value is -2.44. The molecule has 41 heavy (non-hydrogen) atoms. The topological polar surface area (TPSA) is 79.3 Å². The molecule has 0 unspecified atom stereocenters. The van der Waals surface area contributed by atoms with E-state index < -0.39 is 5.97 Å². The lowest BCUT2D eigenvalue weighted by atomic mass is 10.1. The van der Waals surface area contributed by atoms with E-state index in [0.29, 0.717) is 64.4 Å². The first kappa shape index (κ1) is 30.0. The van der Waals surface area contributed by atoms with Gasteiger partial charge in [-0.05, 0) is 59.8 Å². The molecule has 2 aromatic carbocycles. The maximum Gasteiger partial charge on any atom is 0.335 e. The number of amides is 1. The highest BCUT2D eigenvalue weighted by Gasteiger charge is 2.31. The van der Waals surface area contributed by atoms with Crippen molar-refractivity contribution in [3.05, 3.63) is 78.8 Å². The summed E-state index contributed by atoms with van der Waals surface area (Å²) >= 11 is 20.7.